The maximum atomic E-state index is 5.41. The number of rotatable bonds is 8. The minimum absolute atomic E-state index is 0.0378. The fourth-order valence-electron chi connectivity index (χ4n) is 1.83. The van der Waals surface area contributed by atoms with Crippen molar-refractivity contribution in [2.24, 2.45) is 5.92 Å². The van der Waals surface area contributed by atoms with Gasteiger partial charge in [-0.25, -0.2) is 0 Å². The SMILES string of the molecule is CNC(CCCC(C)(C)OC)CC(C)C. The largest absolute Gasteiger partial charge is 0.379 e. The van der Waals surface area contributed by atoms with Gasteiger partial charge in [0.2, 0.25) is 0 Å². The van der Waals surface area contributed by atoms with Crippen LogP contribution in [0.25, 0.3) is 0 Å². The first kappa shape index (κ1) is 14.9. The Balaban J connectivity index is 3.72. The molecule has 15 heavy (non-hydrogen) atoms. The predicted octanol–water partition coefficient (Wildman–Crippen LogP) is 3.22. The van der Waals surface area contributed by atoms with Gasteiger partial charge >= 0.3 is 0 Å². The molecule has 1 atom stereocenters. The maximum Gasteiger partial charge on any atom is 0.0622 e. The molecule has 1 unspecified atom stereocenters. The summed E-state index contributed by atoms with van der Waals surface area (Å²) in [5, 5.41) is 3.40. The van der Waals surface area contributed by atoms with Crippen molar-refractivity contribution >= 4 is 0 Å². The zero-order chi connectivity index (χ0) is 11.9. The van der Waals surface area contributed by atoms with E-state index in [9.17, 15) is 0 Å². The molecule has 0 aliphatic carbocycles. The Morgan fingerprint density at radius 1 is 1.27 bits per heavy atom. The molecule has 0 aromatic heterocycles. The number of ether oxygens (including phenoxy) is 1. The monoisotopic (exact) mass is 215 g/mol. The highest BCUT2D eigenvalue weighted by molar-refractivity contribution is 4.72. The molecule has 0 bridgehead atoms. The number of hydrogen-bond acceptors (Lipinski definition) is 2. The lowest BCUT2D eigenvalue weighted by atomic mass is 9.95. The van der Waals surface area contributed by atoms with Crippen LogP contribution in [0.2, 0.25) is 0 Å². The van der Waals surface area contributed by atoms with Gasteiger partial charge in [0.05, 0.1) is 5.60 Å². The molecule has 0 radical (unpaired) electrons. The van der Waals surface area contributed by atoms with E-state index in [1.165, 1.54) is 19.3 Å². The first-order valence-corrected chi connectivity index (χ1v) is 6.13. The van der Waals surface area contributed by atoms with Crippen LogP contribution in [-0.2, 0) is 4.74 Å². The van der Waals surface area contributed by atoms with E-state index in [1.54, 1.807) is 7.11 Å². The lowest BCUT2D eigenvalue weighted by Gasteiger charge is -2.24. The Hall–Kier alpha value is -0.0800. The molecular weight excluding hydrogens is 186 g/mol. The molecule has 0 heterocycles. The summed E-state index contributed by atoms with van der Waals surface area (Å²) in [6, 6.07) is 0.664. The van der Waals surface area contributed by atoms with Crippen molar-refractivity contribution in [3.05, 3.63) is 0 Å². The molecule has 1 N–H and O–H groups in total. The standard InChI is InChI=1S/C13H29NO/c1-11(2)10-12(14-5)8-7-9-13(3,4)15-6/h11-12,14H,7-10H2,1-6H3. The van der Waals surface area contributed by atoms with Crippen molar-refractivity contribution in [2.45, 2.75) is 65.0 Å². The third-order valence-electron chi connectivity index (χ3n) is 3.05. The van der Waals surface area contributed by atoms with Gasteiger partial charge in [-0.15, -0.1) is 0 Å². The summed E-state index contributed by atoms with van der Waals surface area (Å²) in [6.07, 6.45) is 4.89. The summed E-state index contributed by atoms with van der Waals surface area (Å²) < 4.78 is 5.41. The summed E-state index contributed by atoms with van der Waals surface area (Å²) in [4.78, 5) is 0. The minimum Gasteiger partial charge on any atom is -0.379 e. The molecule has 2 nitrogen and oxygen atoms in total. The molecule has 0 saturated carbocycles. The first-order chi connectivity index (χ1) is 6.91. The summed E-state index contributed by atoms with van der Waals surface area (Å²) in [6.45, 7) is 8.88. The lowest BCUT2D eigenvalue weighted by Crippen LogP contribution is -2.28. The van der Waals surface area contributed by atoms with Crippen molar-refractivity contribution < 1.29 is 4.74 Å². The second-order valence-corrected chi connectivity index (χ2v) is 5.47. The molecule has 0 aliphatic heterocycles. The van der Waals surface area contributed by atoms with Crippen LogP contribution < -0.4 is 5.32 Å². The molecule has 0 rings (SSSR count). The van der Waals surface area contributed by atoms with Gasteiger partial charge in [0.1, 0.15) is 0 Å². The zero-order valence-electron chi connectivity index (χ0n) is 11.4. The molecule has 0 saturated heterocycles. The Kier molecular flexibility index (Phi) is 7.20. The van der Waals surface area contributed by atoms with E-state index in [0.29, 0.717) is 6.04 Å². The second-order valence-electron chi connectivity index (χ2n) is 5.47. The maximum absolute atomic E-state index is 5.41. The van der Waals surface area contributed by atoms with E-state index < -0.39 is 0 Å². The fraction of sp³-hybridized carbons (Fsp3) is 1.00. The van der Waals surface area contributed by atoms with Crippen molar-refractivity contribution in [1.82, 2.24) is 5.32 Å². The first-order valence-electron chi connectivity index (χ1n) is 6.13. The van der Waals surface area contributed by atoms with Gasteiger partial charge < -0.3 is 10.1 Å². The van der Waals surface area contributed by atoms with Gasteiger partial charge in [-0.05, 0) is 52.5 Å². The van der Waals surface area contributed by atoms with Crippen LogP contribution in [0, 0.1) is 5.92 Å². The highest BCUT2D eigenvalue weighted by Gasteiger charge is 2.17. The van der Waals surface area contributed by atoms with E-state index in [0.717, 1.165) is 12.3 Å². The van der Waals surface area contributed by atoms with Crippen molar-refractivity contribution in [3.8, 4) is 0 Å². The van der Waals surface area contributed by atoms with E-state index in [4.69, 9.17) is 4.74 Å². The Morgan fingerprint density at radius 2 is 1.87 bits per heavy atom. The molecule has 0 amide bonds. The molecule has 0 aromatic rings. The summed E-state index contributed by atoms with van der Waals surface area (Å²) in [5.41, 5.74) is 0.0378. The van der Waals surface area contributed by atoms with Crippen LogP contribution >= 0.6 is 0 Å². The average molecular weight is 215 g/mol. The molecule has 2 heteroatoms. The Morgan fingerprint density at radius 3 is 2.27 bits per heavy atom. The molecule has 0 spiro atoms. The highest BCUT2D eigenvalue weighted by atomic mass is 16.5. The third-order valence-corrected chi connectivity index (χ3v) is 3.05. The van der Waals surface area contributed by atoms with Gasteiger partial charge in [0, 0.05) is 13.2 Å². The molecular formula is C13H29NO. The minimum atomic E-state index is 0.0378. The summed E-state index contributed by atoms with van der Waals surface area (Å²) in [7, 11) is 3.86. The van der Waals surface area contributed by atoms with Gasteiger partial charge in [-0.3, -0.25) is 0 Å². The van der Waals surface area contributed by atoms with Crippen LogP contribution in [0.15, 0.2) is 0 Å². The Labute approximate surface area is 95.8 Å². The number of nitrogens with one attached hydrogen (secondary N) is 1. The average Bonchev–Trinajstić information content (AvgIpc) is 2.15. The van der Waals surface area contributed by atoms with Crippen LogP contribution in [0.1, 0.15) is 53.4 Å². The van der Waals surface area contributed by atoms with Crippen LogP contribution in [0.5, 0.6) is 0 Å². The van der Waals surface area contributed by atoms with E-state index in [1.807, 2.05) is 0 Å². The zero-order valence-corrected chi connectivity index (χ0v) is 11.4. The Bertz CT molecular complexity index is 155. The van der Waals surface area contributed by atoms with E-state index >= 15 is 0 Å². The molecule has 0 aliphatic rings. The van der Waals surface area contributed by atoms with Crippen molar-refractivity contribution in [1.29, 1.82) is 0 Å². The van der Waals surface area contributed by atoms with Crippen LogP contribution in [-0.4, -0.2) is 25.8 Å². The summed E-state index contributed by atoms with van der Waals surface area (Å²) >= 11 is 0. The quantitative estimate of drug-likeness (QED) is 0.671. The lowest BCUT2D eigenvalue weighted by molar-refractivity contribution is 0.0129. The van der Waals surface area contributed by atoms with Gasteiger partial charge in [-0.1, -0.05) is 13.8 Å². The molecule has 0 fully saturated rings. The predicted molar refractivity (Wildman–Crippen MR) is 67.2 cm³/mol. The smallest absolute Gasteiger partial charge is 0.0622 e. The topological polar surface area (TPSA) is 21.3 Å². The van der Waals surface area contributed by atoms with Crippen LogP contribution in [0.4, 0.5) is 0 Å². The highest BCUT2D eigenvalue weighted by Crippen LogP contribution is 2.19. The third kappa shape index (κ3) is 7.80. The van der Waals surface area contributed by atoms with Gasteiger partial charge in [0.25, 0.3) is 0 Å². The van der Waals surface area contributed by atoms with Gasteiger partial charge in [-0.2, -0.15) is 0 Å². The molecule has 92 valence electrons. The fourth-order valence-corrected chi connectivity index (χ4v) is 1.83. The number of hydrogen-bond donors (Lipinski definition) is 1. The second kappa shape index (κ2) is 7.24. The van der Waals surface area contributed by atoms with E-state index in [-0.39, 0.29) is 5.60 Å². The number of methoxy groups -OCH3 is 1. The normalized spacial score (nSPS) is 14.6. The van der Waals surface area contributed by atoms with Gasteiger partial charge in [0.15, 0.2) is 0 Å². The van der Waals surface area contributed by atoms with Crippen LogP contribution in [0.3, 0.4) is 0 Å². The summed E-state index contributed by atoms with van der Waals surface area (Å²) in [5.74, 6) is 0.776. The van der Waals surface area contributed by atoms with Crippen molar-refractivity contribution in [2.75, 3.05) is 14.2 Å². The van der Waals surface area contributed by atoms with E-state index in [2.05, 4.69) is 40.1 Å². The van der Waals surface area contributed by atoms with Crippen molar-refractivity contribution in [3.63, 3.8) is 0 Å². The molecule has 0 aromatic carbocycles.